The van der Waals surface area contributed by atoms with Crippen LogP contribution in [-0.4, -0.2) is 20.0 Å². The Labute approximate surface area is 208 Å². The molecule has 0 saturated heterocycles. The molecule has 190 valence electrons. The van der Waals surface area contributed by atoms with Crippen LogP contribution in [0.5, 0.6) is 11.5 Å². The smallest absolute Gasteiger partial charge is 0.166 e. The van der Waals surface area contributed by atoms with Gasteiger partial charge in [0.1, 0.15) is 11.5 Å². The van der Waals surface area contributed by atoms with Crippen LogP contribution in [0.25, 0.3) is 0 Å². The molecule has 4 saturated carbocycles. The van der Waals surface area contributed by atoms with Crippen molar-refractivity contribution in [2.45, 2.75) is 92.4 Å². The van der Waals surface area contributed by atoms with Crippen LogP contribution >= 0.6 is 0 Å². The fourth-order valence-electron chi connectivity index (χ4n) is 9.05. The number of Topliss-reactive ketones (excluding diaryl/α,β-unsaturated/α-hetero) is 1. The van der Waals surface area contributed by atoms with Gasteiger partial charge in [0.05, 0.1) is 14.2 Å². The van der Waals surface area contributed by atoms with Crippen LogP contribution in [0.3, 0.4) is 0 Å². The molecular weight excluding hydrogens is 420 g/mol. The highest BCUT2D eigenvalue weighted by Crippen LogP contribution is 2.68. The van der Waals surface area contributed by atoms with Crippen molar-refractivity contribution in [2.75, 3.05) is 14.2 Å². The van der Waals surface area contributed by atoms with E-state index in [1.807, 2.05) is 32.0 Å². The second kappa shape index (κ2) is 9.86. The lowest BCUT2D eigenvalue weighted by Crippen LogP contribution is -2.53. The number of ketones is 1. The Morgan fingerprint density at radius 1 is 0.824 bits per heavy atom. The van der Waals surface area contributed by atoms with Gasteiger partial charge in [-0.2, -0.15) is 0 Å². The fraction of sp³-hybridized carbons (Fsp3) is 0.774. The molecule has 0 heterocycles. The average Bonchev–Trinajstić information content (AvgIpc) is 3.22. The molecule has 8 unspecified atom stereocenters. The molecule has 3 heteroatoms. The molecule has 0 aromatic heterocycles. The monoisotopic (exact) mass is 468 g/mol. The molecule has 0 amide bonds. The van der Waals surface area contributed by atoms with E-state index in [1.165, 1.54) is 51.4 Å². The third kappa shape index (κ3) is 4.09. The number of hydrogen-bond donors (Lipinski definition) is 0. The number of fused-ring (bicyclic) bond motifs is 5. The van der Waals surface area contributed by atoms with Gasteiger partial charge >= 0.3 is 0 Å². The van der Waals surface area contributed by atoms with Crippen molar-refractivity contribution >= 4 is 5.78 Å². The van der Waals surface area contributed by atoms with E-state index in [9.17, 15) is 4.79 Å². The number of carbonyl (C=O) groups excluding carboxylic acids is 1. The minimum Gasteiger partial charge on any atom is -0.497 e. The summed E-state index contributed by atoms with van der Waals surface area (Å²) in [6, 6.07) is 5.66. The lowest BCUT2D eigenvalue weighted by Gasteiger charge is -2.61. The summed E-state index contributed by atoms with van der Waals surface area (Å²) < 4.78 is 10.9. The molecule has 0 aliphatic heterocycles. The summed E-state index contributed by atoms with van der Waals surface area (Å²) >= 11 is 0. The van der Waals surface area contributed by atoms with Crippen LogP contribution in [0.15, 0.2) is 18.2 Å². The van der Waals surface area contributed by atoms with E-state index in [2.05, 4.69) is 20.8 Å². The van der Waals surface area contributed by atoms with Gasteiger partial charge in [-0.25, -0.2) is 0 Å². The predicted octanol–water partition coefficient (Wildman–Crippen LogP) is 8.21. The molecule has 1 aromatic carbocycles. The summed E-state index contributed by atoms with van der Waals surface area (Å²) in [6.45, 7) is 11.6. The van der Waals surface area contributed by atoms with Crippen molar-refractivity contribution in [3.05, 3.63) is 23.8 Å². The molecule has 4 aliphatic rings. The van der Waals surface area contributed by atoms with Crippen LogP contribution in [0.2, 0.25) is 0 Å². The zero-order valence-corrected chi connectivity index (χ0v) is 22.8. The zero-order chi connectivity index (χ0) is 24.7. The number of rotatable bonds is 4. The number of carbonyl (C=O) groups is 1. The minimum absolute atomic E-state index is 0.127. The van der Waals surface area contributed by atoms with Crippen molar-refractivity contribution in [2.24, 2.45) is 46.3 Å². The van der Waals surface area contributed by atoms with Gasteiger partial charge in [0.25, 0.3) is 0 Å². The van der Waals surface area contributed by atoms with Gasteiger partial charge in [-0.3, -0.25) is 4.79 Å². The molecule has 0 N–H and O–H groups in total. The Bertz CT molecular complexity index is 855. The minimum atomic E-state index is 0.127. The van der Waals surface area contributed by atoms with Crippen molar-refractivity contribution in [3.63, 3.8) is 0 Å². The van der Waals surface area contributed by atoms with Crippen molar-refractivity contribution in [1.82, 2.24) is 0 Å². The summed E-state index contributed by atoms with van der Waals surface area (Å²) in [5, 5.41) is 0. The molecule has 8 atom stereocenters. The number of ether oxygens (including phenoxy) is 2. The maximum Gasteiger partial charge on any atom is 0.166 e. The molecule has 0 bridgehead atoms. The molecule has 0 radical (unpaired) electrons. The van der Waals surface area contributed by atoms with Crippen molar-refractivity contribution in [1.29, 1.82) is 0 Å². The second-order valence-corrected chi connectivity index (χ2v) is 12.2. The highest BCUT2D eigenvalue weighted by atomic mass is 16.5. The maximum absolute atomic E-state index is 13.8. The second-order valence-electron chi connectivity index (χ2n) is 12.2. The Kier molecular flexibility index (Phi) is 7.42. The topological polar surface area (TPSA) is 35.5 Å². The summed E-state index contributed by atoms with van der Waals surface area (Å²) in [5.74, 6) is 6.08. The lowest BCUT2D eigenvalue weighted by molar-refractivity contribution is -0.114. The largest absolute Gasteiger partial charge is 0.497 e. The van der Waals surface area contributed by atoms with E-state index in [0.29, 0.717) is 28.6 Å². The van der Waals surface area contributed by atoms with Crippen LogP contribution < -0.4 is 9.47 Å². The normalized spacial score (nSPS) is 40.7. The molecule has 5 rings (SSSR count). The van der Waals surface area contributed by atoms with E-state index in [-0.39, 0.29) is 11.3 Å². The van der Waals surface area contributed by atoms with Crippen LogP contribution in [-0.2, 0) is 0 Å². The molecule has 1 aromatic rings. The highest BCUT2D eigenvalue weighted by molar-refractivity contribution is 5.99. The van der Waals surface area contributed by atoms with Gasteiger partial charge < -0.3 is 9.47 Å². The third-order valence-corrected chi connectivity index (χ3v) is 10.9. The molecule has 4 fully saturated rings. The molecule has 0 spiro atoms. The van der Waals surface area contributed by atoms with Gasteiger partial charge in [0.15, 0.2) is 5.78 Å². The van der Waals surface area contributed by atoms with Crippen LogP contribution in [0.4, 0.5) is 0 Å². The third-order valence-electron chi connectivity index (χ3n) is 10.9. The fourth-order valence-corrected chi connectivity index (χ4v) is 9.05. The van der Waals surface area contributed by atoms with E-state index in [4.69, 9.17) is 9.47 Å². The van der Waals surface area contributed by atoms with Crippen molar-refractivity contribution in [3.8, 4) is 11.5 Å². The Morgan fingerprint density at radius 2 is 1.44 bits per heavy atom. The van der Waals surface area contributed by atoms with Crippen molar-refractivity contribution < 1.29 is 14.3 Å². The zero-order valence-electron chi connectivity index (χ0n) is 22.8. The Hall–Kier alpha value is -1.51. The first-order valence-electron chi connectivity index (χ1n) is 14.1. The number of methoxy groups -OCH3 is 2. The van der Waals surface area contributed by atoms with E-state index in [1.54, 1.807) is 14.2 Å². The van der Waals surface area contributed by atoms with Gasteiger partial charge in [0.2, 0.25) is 0 Å². The molecule has 4 aliphatic carbocycles. The number of benzene rings is 1. The number of hydrogen-bond acceptors (Lipinski definition) is 3. The summed E-state index contributed by atoms with van der Waals surface area (Å²) in [6.07, 6.45) is 11.9. The van der Waals surface area contributed by atoms with Gasteiger partial charge in [-0.15, -0.1) is 0 Å². The first-order chi connectivity index (χ1) is 16.3. The Balaban J connectivity index is 0.00000133. The predicted molar refractivity (Wildman–Crippen MR) is 140 cm³/mol. The SMILES string of the molecule is CC.COc1cc(OC)cc(C(=O)C2CCC3C4CCC5CC(C)CCC5(C)C4CCC23C)c1. The average molecular weight is 469 g/mol. The summed E-state index contributed by atoms with van der Waals surface area (Å²) in [5.41, 5.74) is 1.44. The molecule has 3 nitrogen and oxygen atoms in total. The van der Waals surface area contributed by atoms with E-state index < -0.39 is 0 Å². The highest BCUT2D eigenvalue weighted by Gasteiger charge is 2.61. The standard InChI is InChI=1S/C29H42O3.C2H6/c1-18-10-12-28(2)20(14-18)6-7-23-24-8-9-26(29(24,3)13-11-25(23)28)27(30)19-15-21(31-4)17-22(16-19)32-5;1-2/h15-18,20,23-26H,6-14H2,1-5H3;1-2H3. The van der Waals surface area contributed by atoms with Crippen LogP contribution in [0, 0.1) is 46.3 Å². The van der Waals surface area contributed by atoms with Crippen LogP contribution in [0.1, 0.15) is 103 Å². The molecule has 34 heavy (non-hydrogen) atoms. The first-order valence-corrected chi connectivity index (χ1v) is 14.1. The Morgan fingerprint density at radius 3 is 2.09 bits per heavy atom. The summed E-state index contributed by atoms with van der Waals surface area (Å²) in [4.78, 5) is 13.8. The van der Waals surface area contributed by atoms with Gasteiger partial charge in [-0.05, 0) is 104 Å². The quantitative estimate of drug-likeness (QED) is 0.418. The van der Waals surface area contributed by atoms with E-state index >= 15 is 0 Å². The maximum atomic E-state index is 13.8. The van der Waals surface area contributed by atoms with Gasteiger partial charge in [0, 0.05) is 17.5 Å². The first kappa shape index (κ1) is 25.6. The van der Waals surface area contributed by atoms with Gasteiger partial charge in [-0.1, -0.05) is 41.0 Å². The summed E-state index contributed by atoms with van der Waals surface area (Å²) in [7, 11) is 3.31. The molecular formula is C31H48O3. The lowest BCUT2D eigenvalue weighted by atomic mass is 9.44. The van der Waals surface area contributed by atoms with E-state index in [0.717, 1.165) is 35.7 Å².